The average Bonchev–Trinajstić information content (AvgIpc) is 2.78. The number of carbonyl (C=O) groups excluding carboxylic acids is 2. The van der Waals surface area contributed by atoms with Crippen molar-refractivity contribution in [3.63, 3.8) is 0 Å². The quantitative estimate of drug-likeness (QED) is 0.440. The van der Waals surface area contributed by atoms with Gasteiger partial charge in [0.1, 0.15) is 11.5 Å². The van der Waals surface area contributed by atoms with Gasteiger partial charge in [0.05, 0.1) is 6.61 Å². The molecule has 0 saturated heterocycles. The van der Waals surface area contributed by atoms with E-state index in [4.69, 9.17) is 21.1 Å². The Bertz CT molecular complexity index is 1020. The molecule has 3 aromatic rings. The Balaban J connectivity index is 1.47. The lowest BCUT2D eigenvalue weighted by Crippen LogP contribution is -2.23. The Hall–Kier alpha value is -3.38. The number of halogens is 1. The molecule has 3 rings (SSSR count). The zero-order valence-electron chi connectivity index (χ0n) is 17.1. The van der Waals surface area contributed by atoms with Crippen molar-refractivity contribution in [1.82, 2.24) is 10.3 Å². The number of ketones is 1. The highest BCUT2D eigenvalue weighted by atomic mass is 35.5. The third-order valence-corrected chi connectivity index (χ3v) is 4.64. The number of pyridine rings is 1. The van der Waals surface area contributed by atoms with Gasteiger partial charge < -0.3 is 14.8 Å². The largest absolute Gasteiger partial charge is 0.494 e. The van der Waals surface area contributed by atoms with E-state index < -0.39 is 0 Å². The summed E-state index contributed by atoms with van der Waals surface area (Å²) in [5.41, 5.74) is 1.38. The number of rotatable bonds is 10. The van der Waals surface area contributed by atoms with Crippen molar-refractivity contribution in [2.75, 3.05) is 6.61 Å². The maximum atomic E-state index is 12.2. The molecule has 0 radical (unpaired) electrons. The van der Waals surface area contributed by atoms with E-state index >= 15 is 0 Å². The molecule has 1 amide bonds. The number of carbonyl (C=O) groups is 2. The van der Waals surface area contributed by atoms with Gasteiger partial charge in [0, 0.05) is 42.2 Å². The van der Waals surface area contributed by atoms with Gasteiger partial charge >= 0.3 is 0 Å². The number of hydrogen-bond donors (Lipinski definition) is 1. The van der Waals surface area contributed by atoms with E-state index in [1.165, 1.54) is 0 Å². The molecule has 7 heteroatoms. The molecule has 1 heterocycles. The Kier molecular flexibility index (Phi) is 8.01. The monoisotopic (exact) mass is 438 g/mol. The van der Waals surface area contributed by atoms with Crippen molar-refractivity contribution >= 4 is 23.3 Å². The van der Waals surface area contributed by atoms with E-state index in [2.05, 4.69) is 10.3 Å². The number of benzene rings is 2. The molecular weight excluding hydrogens is 416 g/mol. The molecule has 1 N–H and O–H groups in total. The first-order valence-electron chi connectivity index (χ1n) is 9.94. The SMILES string of the molecule is CCOc1ccc(Oc2cc(CNC(=O)CCC(=O)c3ccc(Cl)cc3)ccn2)cc1. The Labute approximate surface area is 186 Å². The Morgan fingerprint density at radius 1 is 0.968 bits per heavy atom. The van der Waals surface area contributed by atoms with E-state index in [1.807, 2.05) is 19.1 Å². The summed E-state index contributed by atoms with van der Waals surface area (Å²) in [6, 6.07) is 17.5. The fourth-order valence-corrected chi connectivity index (χ4v) is 2.93. The minimum atomic E-state index is -0.201. The van der Waals surface area contributed by atoms with Gasteiger partial charge in [-0.3, -0.25) is 9.59 Å². The standard InChI is InChI=1S/C24H23ClN2O4/c1-2-30-20-7-9-21(10-8-20)31-24-15-17(13-14-26-24)16-27-23(29)12-11-22(28)18-3-5-19(25)6-4-18/h3-10,13-15H,2,11-12,16H2,1H3,(H,27,29). The summed E-state index contributed by atoms with van der Waals surface area (Å²) in [6.07, 6.45) is 1.87. The van der Waals surface area contributed by atoms with Crippen LogP contribution >= 0.6 is 11.6 Å². The van der Waals surface area contributed by atoms with E-state index in [-0.39, 0.29) is 24.5 Å². The second-order valence-corrected chi connectivity index (χ2v) is 7.15. The Morgan fingerprint density at radius 3 is 2.39 bits per heavy atom. The smallest absolute Gasteiger partial charge is 0.220 e. The van der Waals surface area contributed by atoms with Crippen LogP contribution in [0.15, 0.2) is 66.9 Å². The third kappa shape index (κ3) is 7.12. The topological polar surface area (TPSA) is 77.5 Å². The molecule has 6 nitrogen and oxygen atoms in total. The molecule has 0 bridgehead atoms. The minimum absolute atomic E-state index is 0.0956. The molecule has 0 aliphatic carbocycles. The summed E-state index contributed by atoms with van der Waals surface area (Å²) >= 11 is 5.82. The van der Waals surface area contributed by atoms with Gasteiger partial charge in [-0.1, -0.05) is 11.6 Å². The Morgan fingerprint density at radius 2 is 1.68 bits per heavy atom. The summed E-state index contributed by atoms with van der Waals surface area (Å²) < 4.78 is 11.2. The summed E-state index contributed by atoms with van der Waals surface area (Å²) in [7, 11) is 0. The van der Waals surface area contributed by atoms with Crippen molar-refractivity contribution < 1.29 is 19.1 Å². The number of ether oxygens (including phenoxy) is 2. The van der Waals surface area contributed by atoms with Crippen molar-refractivity contribution in [3.8, 4) is 17.4 Å². The first-order chi connectivity index (χ1) is 15.0. The van der Waals surface area contributed by atoms with E-state index in [9.17, 15) is 9.59 Å². The second kappa shape index (κ2) is 11.1. The van der Waals surface area contributed by atoms with Crippen LogP contribution in [0.5, 0.6) is 17.4 Å². The van der Waals surface area contributed by atoms with Gasteiger partial charge in [-0.05, 0) is 67.1 Å². The molecular formula is C24H23ClN2O4. The fourth-order valence-electron chi connectivity index (χ4n) is 2.80. The van der Waals surface area contributed by atoms with Gasteiger partial charge in [0.2, 0.25) is 11.8 Å². The lowest BCUT2D eigenvalue weighted by Gasteiger charge is -2.09. The van der Waals surface area contributed by atoms with Gasteiger partial charge in [-0.25, -0.2) is 4.98 Å². The van der Waals surface area contributed by atoms with Crippen molar-refractivity contribution in [3.05, 3.63) is 83.0 Å². The maximum Gasteiger partial charge on any atom is 0.220 e. The molecule has 0 aliphatic rings. The first kappa shape index (κ1) is 22.3. The predicted octanol–water partition coefficient (Wildman–Crippen LogP) is 5.21. The van der Waals surface area contributed by atoms with Crippen LogP contribution in [0.25, 0.3) is 0 Å². The van der Waals surface area contributed by atoms with Crippen LogP contribution in [-0.2, 0) is 11.3 Å². The average molecular weight is 439 g/mol. The number of Topliss-reactive ketones (excluding diaryl/α,β-unsaturated/α-hetero) is 1. The summed E-state index contributed by atoms with van der Waals surface area (Å²) in [5.74, 6) is 1.54. The number of nitrogens with zero attached hydrogens (tertiary/aromatic N) is 1. The highest BCUT2D eigenvalue weighted by Gasteiger charge is 2.10. The van der Waals surface area contributed by atoms with Crippen LogP contribution in [0, 0.1) is 0 Å². The molecule has 31 heavy (non-hydrogen) atoms. The number of amides is 1. The normalized spacial score (nSPS) is 10.4. The van der Waals surface area contributed by atoms with E-state index in [0.717, 1.165) is 11.3 Å². The van der Waals surface area contributed by atoms with Crippen LogP contribution in [0.1, 0.15) is 35.7 Å². The number of nitrogens with one attached hydrogen (secondary N) is 1. The van der Waals surface area contributed by atoms with Crippen molar-refractivity contribution in [1.29, 1.82) is 0 Å². The molecule has 160 valence electrons. The maximum absolute atomic E-state index is 12.2. The van der Waals surface area contributed by atoms with Gasteiger partial charge in [0.15, 0.2) is 5.78 Å². The van der Waals surface area contributed by atoms with Gasteiger partial charge in [-0.2, -0.15) is 0 Å². The van der Waals surface area contributed by atoms with Crippen LogP contribution in [0.4, 0.5) is 0 Å². The molecule has 0 saturated carbocycles. The summed E-state index contributed by atoms with van der Waals surface area (Å²) in [5, 5.41) is 3.38. The van der Waals surface area contributed by atoms with Crippen molar-refractivity contribution in [2.45, 2.75) is 26.3 Å². The lowest BCUT2D eigenvalue weighted by atomic mass is 10.1. The van der Waals surface area contributed by atoms with E-state index in [0.29, 0.717) is 35.4 Å². The zero-order valence-corrected chi connectivity index (χ0v) is 17.9. The fraction of sp³-hybridized carbons (Fsp3) is 0.208. The highest BCUT2D eigenvalue weighted by Crippen LogP contribution is 2.23. The highest BCUT2D eigenvalue weighted by molar-refractivity contribution is 6.30. The molecule has 0 unspecified atom stereocenters. The first-order valence-corrected chi connectivity index (χ1v) is 10.3. The number of aromatic nitrogens is 1. The molecule has 0 spiro atoms. The summed E-state index contributed by atoms with van der Waals surface area (Å²) in [6.45, 7) is 2.84. The van der Waals surface area contributed by atoms with Crippen LogP contribution in [0.2, 0.25) is 5.02 Å². The van der Waals surface area contributed by atoms with E-state index in [1.54, 1.807) is 54.7 Å². The van der Waals surface area contributed by atoms with Crippen molar-refractivity contribution in [2.24, 2.45) is 0 Å². The molecule has 0 fully saturated rings. The third-order valence-electron chi connectivity index (χ3n) is 4.39. The molecule has 0 atom stereocenters. The van der Waals surface area contributed by atoms with Gasteiger partial charge in [0.25, 0.3) is 0 Å². The lowest BCUT2D eigenvalue weighted by molar-refractivity contribution is -0.121. The van der Waals surface area contributed by atoms with Crippen LogP contribution in [0.3, 0.4) is 0 Å². The molecule has 1 aromatic heterocycles. The van der Waals surface area contributed by atoms with Gasteiger partial charge in [-0.15, -0.1) is 0 Å². The molecule has 0 aliphatic heterocycles. The summed E-state index contributed by atoms with van der Waals surface area (Å²) in [4.78, 5) is 28.5. The molecule has 2 aromatic carbocycles. The zero-order chi connectivity index (χ0) is 22.1. The predicted molar refractivity (Wildman–Crippen MR) is 119 cm³/mol. The van der Waals surface area contributed by atoms with Crippen LogP contribution in [-0.4, -0.2) is 23.3 Å². The number of hydrogen-bond acceptors (Lipinski definition) is 5. The van der Waals surface area contributed by atoms with Crippen LogP contribution < -0.4 is 14.8 Å². The minimum Gasteiger partial charge on any atom is -0.494 e. The second-order valence-electron chi connectivity index (χ2n) is 6.72.